The van der Waals surface area contributed by atoms with Gasteiger partial charge in [0.1, 0.15) is 0 Å². The van der Waals surface area contributed by atoms with E-state index in [4.69, 9.17) is 23.2 Å². The van der Waals surface area contributed by atoms with Crippen LogP contribution in [0.1, 0.15) is 36.3 Å². The van der Waals surface area contributed by atoms with E-state index < -0.39 is 17.2 Å². The van der Waals surface area contributed by atoms with E-state index in [0.29, 0.717) is 27.7 Å². The number of halogens is 2. The third-order valence-corrected chi connectivity index (χ3v) is 5.05. The van der Waals surface area contributed by atoms with Crippen molar-refractivity contribution < 1.29 is 4.79 Å². The van der Waals surface area contributed by atoms with E-state index in [2.05, 4.69) is 10.4 Å². The van der Waals surface area contributed by atoms with Gasteiger partial charge in [-0.25, -0.2) is 4.79 Å². The molecule has 1 heterocycles. The number of hydrogen-bond acceptors (Lipinski definition) is 4. The van der Waals surface area contributed by atoms with Gasteiger partial charge in [-0.05, 0) is 55.3 Å². The van der Waals surface area contributed by atoms with Crippen molar-refractivity contribution in [3.8, 4) is 5.69 Å². The molecule has 0 saturated carbocycles. The number of rotatable bonds is 6. The summed E-state index contributed by atoms with van der Waals surface area (Å²) in [6.07, 6.45) is 0.680. The van der Waals surface area contributed by atoms with Crippen molar-refractivity contribution in [2.24, 2.45) is 0 Å². The normalized spacial score (nSPS) is 11.9. The van der Waals surface area contributed by atoms with Gasteiger partial charge in [-0.2, -0.15) is 9.78 Å². The molecule has 0 aliphatic carbocycles. The van der Waals surface area contributed by atoms with E-state index in [-0.39, 0.29) is 18.3 Å². The molecule has 0 saturated heterocycles. The standard InChI is InChI=1S/C21H20Cl2N4O3/c1-3-13(2)24-19(28)18-20(29)26(12-14-5-4-6-16(23)11-14)21(30)27(25-18)17-9-7-15(22)8-10-17/h4-11,13H,3,12H2,1-2H3,(H,24,28)/t13-/m1/s1. The van der Waals surface area contributed by atoms with Crippen molar-refractivity contribution in [3.05, 3.63) is 90.7 Å². The van der Waals surface area contributed by atoms with E-state index in [1.54, 1.807) is 48.5 Å². The first-order valence-corrected chi connectivity index (χ1v) is 10.1. The Morgan fingerprint density at radius 2 is 1.80 bits per heavy atom. The summed E-state index contributed by atoms with van der Waals surface area (Å²) in [6, 6.07) is 13.0. The molecule has 0 aliphatic heterocycles. The summed E-state index contributed by atoms with van der Waals surface area (Å²) in [7, 11) is 0. The van der Waals surface area contributed by atoms with Gasteiger partial charge in [0.15, 0.2) is 0 Å². The van der Waals surface area contributed by atoms with E-state index in [0.717, 1.165) is 9.25 Å². The van der Waals surface area contributed by atoms with Crippen LogP contribution in [0.3, 0.4) is 0 Å². The fraction of sp³-hybridized carbons (Fsp3) is 0.238. The van der Waals surface area contributed by atoms with Crippen LogP contribution < -0.4 is 16.6 Å². The fourth-order valence-corrected chi connectivity index (χ4v) is 3.10. The molecule has 0 aliphatic rings. The summed E-state index contributed by atoms with van der Waals surface area (Å²) in [5, 5.41) is 7.75. The summed E-state index contributed by atoms with van der Waals surface area (Å²) >= 11 is 12.0. The zero-order chi connectivity index (χ0) is 21.8. The van der Waals surface area contributed by atoms with Crippen molar-refractivity contribution in [2.75, 3.05) is 0 Å². The topological polar surface area (TPSA) is 86.0 Å². The van der Waals surface area contributed by atoms with Gasteiger partial charge in [-0.15, -0.1) is 0 Å². The highest BCUT2D eigenvalue weighted by atomic mass is 35.5. The Balaban J connectivity index is 2.18. The van der Waals surface area contributed by atoms with Crippen LogP contribution in [0.25, 0.3) is 5.69 Å². The van der Waals surface area contributed by atoms with Gasteiger partial charge in [-0.1, -0.05) is 42.3 Å². The molecule has 0 radical (unpaired) electrons. The van der Waals surface area contributed by atoms with Crippen LogP contribution >= 0.6 is 23.2 Å². The molecule has 0 spiro atoms. The lowest BCUT2D eigenvalue weighted by Crippen LogP contribution is -2.47. The molecule has 0 unspecified atom stereocenters. The van der Waals surface area contributed by atoms with Crippen molar-refractivity contribution in [1.82, 2.24) is 19.7 Å². The molecule has 1 N–H and O–H groups in total. The highest BCUT2D eigenvalue weighted by molar-refractivity contribution is 6.30. The molecule has 30 heavy (non-hydrogen) atoms. The average molecular weight is 447 g/mol. The van der Waals surface area contributed by atoms with Gasteiger partial charge >= 0.3 is 5.69 Å². The van der Waals surface area contributed by atoms with Crippen LogP contribution in [0.2, 0.25) is 10.0 Å². The number of amides is 1. The molecule has 0 bridgehead atoms. The van der Waals surface area contributed by atoms with Crippen LogP contribution in [0, 0.1) is 0 Å². The first-order chi connectivity index (χ1) is 14.3. The molecule has 1 atom stereocenters. The number of hydrogen-bond donors (Lipinski definition) is 1. The average Bonchev–Trinajstić information content (AvgIpc) is 2.72. The molecule has 3 rings (SSSR count). The number of aromatic nitrogens is 3. The number of nitrogens with zero attached hydrogens (tertiary/aromatic N) is 3. The van der Waals surface area contributed by atoms with Crippen LogP contribution in [-0.4, -0.2) is 26.3 Å². The van der Waals surface area contributed by atoms with Crippen LogP contribution in [0.15, 0.2) is 58.1 Å². The van der Waals surface area contributed by atoms with Crippen LogP contribution in [0.4, 0.5) is 0 Å². The summed E-state index contributed by atoms with van der Waals surface area (Å²) in [5.74, 6) is -0.642. The highest BCUT2D eigenvalue weighted by Crippen LogP contribution is 2.12. The van der Waals surface area contributed by atoms with Gasteiger partial charge in [-0.3, -0.25) is 14.2 Å². The van der Waals surface area contributed by atoms with Crippen molar-refractivity contribution in [1.29, 1.82) is 0 Å². The maximum absolute atomic E-state index is 13.1. The Hall–Kier alpha value is -2.90. The van der Waals surface area contributed by atoms with Crippen molar-refractivity contribution in [2.45, 2.75) is 32.9 Å². The minimum atomic E-state index is -0.772. The SMILES string of the molecule is CC[C@@H](C)NC(=O)c1nn(-c2ccc(Cl)cc2)c(=O)n(Cc2cccc(Cl)c2)c1=O. The second-order valence-corrected chi connectivity index (χ2v) is 7.70. The monoisotopic (exact) mass is 446 g/mol. The van der Waals surface area contributed by atoms with E-state index >= 15 is 0 Å². The maximum atomic E-state index is 13.1. The fourth-order valence-electron chi connectivity index (χ4n) is 2.76. The summed E-state index contributed by atoms with van der Waals surface area (Å²) in [5.41, 5.74) is -0.800. The lowest BCUT2D eigenvalue weighted by atomic mass is 10.2. The maximum Gasteiger partial charge on any atom is 0.352 e. The Morgan fingerprint density at radius 3 is 2.43 bits per heavy atom. The van der Waals surface area contributed by atoms with Gasteiger partial charge in [0.25, 0.3) is 11.5 Å². The number of carbonyl (C=O) groups excluding carboxylic acids is 1. The third kappa shape index (κ3) is 4.80. The Morgan fingerprint density at radius 1 is 1.10 bits per heavy atom. The van der Waals surface area contributed by atoms with E-state index in [9.17, 15) is 14.4 Å². The quantitative estimate of drug-likeness (QED) is 0.629. The first kappa shape index (κ1) is 21.8. The zero-order valence-electron chi connectivity index (χ0n) is 16.4. The second kappa shape index (κ2) is 9.28. The molecule has 3 aromatic rings. The lowest BCUT2D eigenvalue weighted by Gasteiger charge is -2.14. The Labute approximate surface area is 182 Å². The number of nitrogens with one attached hydrogen (secondary N) is 1. The van der Waals surface area contributed by atoms with E-state index in [1.807, 2.05) is 13.8 Å². The molecule has 9 heteroatoms. The van der Waals surface area contributed by atoms with Crippen LogP contribution in [0.5, 0.6) is 0 Å². The van der Waals surface area contributed by atoms with Gasteiger partial charge in [0, 0.05) is 16.1 Å². The lowest BCUT2D eigenvalue weighted by molar-refractivity contribution is 0.0929. The van der Waals surface area contributed by atoms with Crippen LogP contribution in [-0.2, 0) is 6.54 Å². The van der Waals surface area contributed by atoms with Crippen molar-refractivity contribution >= 4 is 29.1 Å². The summed E-state index contributed by atoms with van der Waals surface area (Å²) in [4.78, 5) is 38.8. The van der Waals surface area contributed by atoms with Gasteiger partial charge in [0.2, 0.25) is 5.69 Å². The highest BCUT2D eigenvalue weighted by Gasteiger charge is 2.21. The molecule has 1 aromatic heterocycles. The number of carbonyl (C=O) groups is 1. The zero-order valence-corrected chi connectivity index (χ0v) is 17.9. The third-order valence-electron chi connectivity index (χ3n) is 4.57. The molecule has 2 aromatic carbocycles. The predicted molar refractivity (Wildman–Crippen MR) is 117 cm³/mol. The minimum Gasteiger partial charge on any atom is -0.348 e. The smallest absolute Gasteiger partial charge is 0.348 e. The van der Waals surface area contributed by atoms with E-state index in [1.165, 1.54) is 0 Å². The Kier molecular flexibility index (Phi) is 6.74. The Bertz CT molecular complexity index is 1190. The number of benzene rings is 2. The first-order valence-electron chi connectivity index (χ1n) is 9.35. The molecule has 156 valence electrons. The van der Waals surface area contributed by atoms with Crippen molar-refractivity contribution in [3.63, 3.8) is 0 Å². The summed E-state index contributed by atoms with van der Waals surface area (Å²) < 4.78 is 1.99. The molecular weight excluding hydrogens is 427 g/mol. The van der Waals surface area contributed by atoms with Gasteiger partial charge < -0.3 is 5.32 Å². The minimum absolute atomic E-state index is 0.0576. The summed E-state index contributed by atoms with van der Waals surface area (Å²) in [6.45, 7) is 3.67. The second-order valence-electron chi connectivity index (χ2n) is 6.82. The molecule has 7 nitrogen and oxygen atoms in total. The molecule has 1 amide bonds. The predicted octanol–water partition coefficient (Wildman–Crippen LogP) is 3.28. The molecule has 0 fully saturated rings. The largest absolute Gasteiger partial charge is 0.352 e. The molecular formula is C21H20Cl2N4O3. The van der Waals surface area contributed by atoms with Gasteiger partial charge in [0.05, 0.1) is 12.2 Å².